The van der Waals surface area contributed by atoms with Crippen LogP contribution >= 0.6 is 0 Å². The average molecular weight is 398 g/mol. The fraction of sp³-hybridized carbons (Fsp3) is 0.182. The lowest BCUT2D eigenvalue weighted by Gasteiger charge is -2.29. The number of aromatic nitrogens is 1. The summed E-state index contributed by atoms with van der Waals surface area (Å²) in [4.78, 5) is 17.2. The van der Waals surface area contributed by atoms with Gasteiger partial charge in [-0.15, -0.1) is 13.2 Å². The molecule has 1 N–H and O–H groups in total. The van der Waals surface area contributed by atoms with Crippen LogP contribution in [0.25, 0.3) is 0 Å². The molecule has 1 amide bonds. The van der Waals surface area contributed by atoms with Crippen LogP contribution in [0.4, 0.5) is 18.9 Å². The lowest BCUT2D eigenvalue weighted by atomic mass is 9.71. The first-order valence-corrected chi connectivity index (χ1v) is 8.96. The van der Waals surface area contributed by atoms with Crippen molar-refractivity contribution in [1.82, 2.24) is 4.98 Å². The fourth-order valence-corrected chi connectivity index (χ4v) is 3.74. The second kappa shape index (κ2) is 6.92. The maximum atomic E-state index is 13.2. The molecule has 7 heteroatoms. The normalized spacial score (nSPS) is 18.3. The number of rotatable bonds is 4. The van der Waals surface area contributed by atoms with Gasteiger partial charge in [-0.3, -0.25) is 9.78 Å². The summed E-state index contributed by atoms with van der Waals surface area (Å²) in [5.74, 6) is -0.656. The van der Waals surface area contributed by atoms with Crippen molar-refractivity contribution in [3.63, 3.8) is 0 Å². The molecule has 29 heavy (non-hydrogen) atoms. The first-order valence-electron chi connectivity index (χ1n) is 8.96. The highest BCUT2D eigenvalue weighted by Gasteiger charge is 2.48. The Labute approximate surface area is 165 Å². The van der Waals surface area contributed by atoms with Gasteiger partial charge < -0.3 is 10.1 Å². The van der Waals surface area contributed by atoms with Crippen LogP contribution in [0.3, 0.4) is 0 Å². The van der Waals surface area contributed by atoms with Gasteiger partial charge >= 0.3 is 6.36 Å². The molecule has 148 valence electrons. The average Bonchev–Trinajstić information content (AvgIpc) is 2.94. The Morgan fingerprint density at radius 3 is 2.38 bits per heavy atom. The Bertz CT molecular complexity index is 1050. The van der Waals surface area contributed by atoms with Crippen molar-refractivity contribution in [2.24, 2.45) is 0 Å². The third-order valence-electron chi connectivity index (χ3n) is 5.08. The van der Waals surface area contributed by atoms with Gasteiger partial charge in [0.15, 0.2) is 0 Å². The number of carbonyl (C=O) groups excluding carboxylic acids is 1. The summed E-state index contributed by atoms with van der Waals surface area (Å²) < 4.78 is 42.4. The largest absolute Gasteiger partial charge is 0.573 e. The van der Waals surface area contributed by atoms with Crippen LogP contribution in [0.1, 0.15) is 22.3 Å². The number of nitrogens with one attached hydrogen (secondary N) is 1. The second-order valence-electron chi connectivity index (χ2n) is 7.01. The van der Waals surface area contributed by atoms with Gasteiger partial charge in [-0.25, -0.2) is 0 Å². The van der Waals surface area contributed by atoms with E-state index in [1.807, 2.05) is 31.2 Å². The number of ether oxygens (including phenoxy) is 1. The Morgan fingerprint density at radius 1 is 1.03 bits per heavy atom. The first-order chi connectivity index (χ1) is 13.8. The van der Waals surface area contributed by atoms with E-state index >= 15 is 0 Å². The fourth-order valence-electron chi connectivity index (χ4n) is 3.74. The monoisotopic (exact) mass is 398 g/mol. The number of benzene rings is 2. The summed E-state index contributed by atoms with van der Waals surface area (Å²) in [5, 5.41) is 2.82. The minimum absolute atomic E-state index is 0.271. The van der Waals surface area contributed by atoms with Crippen molar-refractivity contribution in [3.05, 3.63) is 89.2 Å². The number of fused-ring (bicyclic) bond motifs is 1. The SMILES string of the molecule is Cc1ccc(C2(Cc3ccncc3)C(=O)Nc3ccc(OC(F)(F)F)cc32)cc1. The highest BCUT2D eigenvalue weighted by Crippen LogP contribution is 2.47. The molecule has 0 bridgehead atoms. The molecule has 2 aromatic carbocycles. The van der Waals surface area contributed by atoms with E-state index in [4.69, 9.17) is 0 Å². The third-order valence-corrected chi connectivity index (χ3v) is 5.08. The van der Waals surface area contributed by atoms with E-state index in [-0.39, 0.29) is 18.1 Å². The molecule has 0 radical (unpaired) electrons. The van der Waals surface area contributed by atoms with Gasteiger partial charge in [-0.05, 0) is 60.4 Å². The summed E-state index contributed by atoms with van der Waals surface area (Å²) >= 11 is 0. The van der Waals surface area contributed by atoms with E-state index in [2.05, 4.69) is 15.0 Å². The van der Waals surface area contributed by atoms with Crippen molar-refractivity contribution >= 4 is 11.6 Å². The Kier molecular flexibility index (Phi) is 4.53. The van der Waals surface area contributed by atoms with Crippen molar-refractivity contribution < 1.29 is 22.7 Å². The number of carbonyl (C=O) groups is 1. The van der Waals surface area contributed by atoms with Crippen molar-refractivity contribution in [2.45, 2.75) is 25.1 Å². The molecule has 1 aliphatic rings. The highest BCUT2D eigenvalue weighted by atomic mass is 19.4. The molecule has 1 atom stereocenters. The summed E-state index contributed by atoms with van der Waals surface area (Å²) in [6.07, 6.45) is -1.31. The zero-order valence-corrected chi connectivity index (χ0v) is 15.5. The van der Waals surface area contributed by atoms with E-state index in [0.717, 1.165) is 11.1 Å². The van der Waals surface area contributed by atoms with Gasteiger partial charge in [0.05, 0.1) is 0 Å². The van der Waals surface area contributed by atoms with E-state index in [1.165, 1.54) is 18.2 Å². The Morgan fingerprint density at radius 2 is 1.72 bits per heavy atom. The van der Waals surface area contributed by atoms with Gasteiger partial charge in [0.25, 0.3) is 0 Å². The van der Waals surface area contributed by atoms with Gasteiger partial charge in [0.1, 0.15) is 11.2 Å². The van der Waals surface area contributed by atoms with Crippen molar-refractivity contribution in [3.8, 4) is 5.75 Å². The molecule has 1 aromatic heterocycles. The lowest BCUT2D eigenvalue weighted by molar-refractivity contribution is -0.274. The standard InChI is InChI=1S/C22H17F3N2O2/c1-14-2-4-16(5-3-14)21(13-15-8-10-26-11-9-15)18-12-17(29-22(23,24)25)6-7-19(18)27-20(21)28/h2-12H,13H2,1H3,(H,27,28). The smallest absolute Gasteiger partial charge is 0.406 e. The number of pyridine rings is 1. The summed E-state index contributed by atoms with van der Waals surface area (Å²) in [6, 6.07) is 14.9. The molecule has 4 rings (SSSR count). The van der Waals surface area contributed by atoms with Crippen LogP contribution < -0.4 is 10.1 Å². The molecule has 1 unspecified atom stereocenters. The molecular weight excluding hydrogens is 381 g/mol. The summed E-state index contributed by atoms with van der Waals surface area (Å²) in [7, 11) is 0. The molecule has 2 heterocycles. The van der Waals surface area contributed by atoms with Crippen LogP contribution in [-0.4, -0.2) is 17.3 Å². The van der Waals surface area contributed by atoms with E-state index in [0.29, 0.717) is 16.8 Å². The minimum Gasteiger partial charge on any atom is -0.406 e. The Balaban J connectivity index is 1.90. The van der Waals surface area contributed by atoms with Gasteiger partial charge in [0, 0.05) is 18.1 Å². The number of aryl methyl sites for hydroxylation is 1. The van der Waals surface area contributed by atoms with Crippen LogP contribution in [0.2, 0.25) is 0 Å². The van der Waals surface area contributed by atoms with Gasteiger partial charge in [0.2, 0.25) is 5.91 Å². The molecule has 0 spiro atoms. The lowest BCUT2D eigenvalue weighted by Crippen LogP contribution is -2.38. The summed E-state index contributed by atoms with van der Waals surface area (Å²) in [5.41, 5.74) is 2.28. The molecule has 1 aliphatic heterocycles. The zero-order chi connectivity index (χ0) is 20.6. The minimum atomic E-state index is -4.82. The highest BCUT2D eigenvalue weighted by molar-refractivity contribution is 6.09. The number of hydrogen-bond donors (Lipinski definition) is 1. The molecule has 0 fully saturated rings. The maximum absolute atomic E-state index is 13.2. The van der Waals surface area contributed by atoms with E-state index in [1.54, 1.807) is 24.5 Å². The molecule has 0 saturated heterocycles. The number of anilines is 1. The zero-order valence-electron chi connectivity index (χ0n) is 15.5. The molecule has 0 aliphatic carbocycles. The molecule has 3 aromatic rings. The second-order valence-corrected chi connectivity index (χ2v) is 7.01. The number of nitrogens with zero attached hydrogens (tertiary/aromatic N) is 1. The van der Waals surface area contributed by atoms with Crippen LogP contribution in [0, 0.1) is 6.92 Å². The van der Waals surface area contributed by atoms with Gasteiger partial charge in [-0.2, -0.15) is 0 Å². The number of amides is 1. The maximum Gasteiger partial charge on any atom is 0.573 e. The number of hydrogen-bond acceptors (Lipinski definition) is 3. The van der Waals surface area contributed by atoms with Crippen molar-refractivity contribution in [2.75, 3.05) is 5.32 Å². The number of alkyl halides is 3. The van der Waals surface area contributed by atoms with Crippen molar-refractivity contribution in [1.29, 1.82) is 0 Å². The third kappa shape index (κ3) is 3.55. The topological polar surface area (TPSA) is 51.2 Å². The van der Waals surface area contributed by atoms with E-state index < -0.39 is 11.8 Å². The van der Waals surface area contributed by atoms with Crippen LogP contribution in [0.5, 0.6) is 5.75 Å². The van der Waals surface area contributed by atoms with Gasteiger partial charge in [-0.1, -0.05) is 29.8 Å². The predicted octanol–water partition coefficient (Wildman–Crippen LogP) is 4.77. The Hall–Kier alpha value is -3.35. The quantitative estimate of drug-likeness (QED) is 0.689. The molecule has 4 nitrogen and oxygen atoms in total. The number of halogens is 3. The van der Waals surface area contributed by atoms with Crippen LogP contribution in [0.15, 0.2) is 67.0 Å². The molecule has 0 saturated carbocycles. The summed E-state index contributed by atoms with van der Waals surface area (Å²) in [6.45, 7) is 1.93. The van der Waals surface area contributed by atoms with E-state index in [9.17, 15) is 18.0 Å². The predicted molar refractivity (Wildman–Crippen MR) is 102 cm³/mol. The molecular formula is C22H17F3N2O2. The first kappa shape index (κ1) is 19.0. The van der Waals surface area contributed by atoms with Crippen LogP contribution in [-0.2, 0) is 16.6 Å².